The minimum absolute atomic E-state index is 0.0200. The van der Waals surface area contributed by atoms with Crippen LogP contribution in [0.3, 0.4) is 0 Å². The van der Waals surface area contributed by atoms with Crippen LogP contribution in [0.15, 0.2) is 18.3 Å². The Morgan fingerprint density at radius 2 is 2.30 bits per heavy atom. The van der Waals surface area contributed by atoms with E-state index in [4.69, 9.17) is 4.74 Å². The van der Waals surface area contributed by atoms with Gasteiger partial charge in [0.2, 0.25) is 5.88 Å². The third-order valence-electron chi connectivity index (χ3n) is 4.82. The van der Waals surface area contributed by atoms with Crippen LogP contribution in [0, 0.1) is 5.41 Å². The lowest BCUT2D eigenvalue weighted by Gasteiger charge is -2.54. The first kappa shape index (κ1) is 16.0. The number of rotatable bonds is 6. The van der Waals surface area contributed by atoms with E-state index >= 15 is 0 Å². The molecule has 0 aromatic carbocycles. The number of urea groups is 1. The molecule has 2 N–H and O–H groups in total. The normalized spacial score (nSPS) is 20.3. The smallest absolute Gasteiger partial charge is 0.315 e. The van der Waals surface area contributed by atoms with Crippen LogP contribution >= 0.6 is 0 Å². The zero-order valence-electron chi connectivity index (χ0n) is 13.5. The minimum Gasteiger partial charge on any atom is -0.475 e. The molecule has 1 heterocycles. The topological polar surface area (TPSA) is 63.2 Å². The zero-order valence-corrected chi connectivity index (χ0v) is 13.5. The molecule has 2 fully saturated rings. The van der Waals surface area contributed by atoms with Gasteiger partial charge in [-0.3, -0.25) is 0 Å². The number of aromatic nitrogens is 1. The van der Waals surface area contributed by atoms with Crippen molar-refractivity contribution in [1.29, 1.82) is 0 Å². The second-order valence-corrected chi connectivity index (χ2v) is 6.88. The van der Waals surface area contributed by atoms with Crippen LogP contribution in [0.2, 0.25) is 0 Å². The molecule has 1 spiro atoms. The van der Waals surface area contributed by atoms with Gasteiger partial charge in [-0.15, -0.1) is 0 Å². The van der Waals surface area contributed by atoms with Gasteiger partial charge in [0.05, 0.1) is 0 Å². The number of nitrogens with one attached hydrogen (secondary N) is 2. The Balaban J connectivity index is 1.39. The number of carbonyl (C=O) groups excluding carboxylic acids is 1. The number of ether oxygens (including phenoxy) is 1. The number of hydrogen-bond acceptors (Lipinski definition) is 3. The summed E-state index contributed by atoms with van der Waals surface area (Å²) >= 11 is 0. The predicted molar refractivity (Wildman–Crippen MR) is 85.0 cm³/mol. The van der Waals surface area contributed by atoms with Crippen LogP contribution in [0.1, 0.15) is 44.6 Å². The zero-order chi connectivity index (χ0) is 16.3. The monoisotopic (exact) mass is 321 g/mol. The van der Waals surface area contributed by atoms with Gasteiger partial charge in [0, 0.05) is 24.8 Å². The highest BCUT2D eigenvalue weighted by Gasteiger charge is 2.48. The standard InChI is InChI=1S/C17H24FN3O2/c1-12(18)11-23-15-7-13(3-6-19-15)10-20-16(22)21-14-8-17(9-14)4-2-5-17/h3,6-7,12,14H,2,4-5,8-11H2,1H3,(H2,20,21,22)/t12-/m0/s1. The van der Waals surface area contributed by atoms with Crippen LogP contribution in [-0.4, -0.2) is 29.8 Å². The van der Waals surface area contributed by atoms with Crippen molar-refractivity contribution in [2.45, 2.75) is 57.8 Å². The summed E-state index contributed by atoms with van der Waals surface area (Å²) in [5.41, 5.74) is 1.43. The molecular weight excluding hydrogens is 297 g/mol. The Morgan fingerprint density at radius 1 is 1.52 bits per heavy atom. The molecule has 0 saturated heterocycles. The Bertz CT molecular complexity index is 553. The molecule has 6 heteroatoms. The summed E-state index contributed by atoms with van der Waals surface area (Å²) in [4.78, 5) is 15.9. The lowest BCUT2D eigenvalue weighted by Crippen LogP contribution is -2.55. The molecule has 1 atom stereocenters. The molecule has 0 bridgehead atoms. The number of halogens is 1. The second kappa shape index (κ2) is 6.72. The number of pyridine rings is 1. The average Bonchev–Trinajstić information content (AvgIpc) is 2.45. The van der Waals surface area contributed by atoms with E-state index in [9.17, 15) is 9.18 Å². The third kappa shape index (κ3) is 4.12. The number of alkyl halides is 1. The summed E-state index contributed by atoms with van der Waals surface area (Å²) in [7, 11) is 0. The largest absolute Gasteiger partial charge is 0.475 e. The van der Waals surface area contributed by atoms with Gasteiger partial charge in [-0.05, 0) is 49.7 Å². The molecule has 0 aliphatic heterocycles. The Kier molecular flexibility index (Phi) is 4.68. The molecule has 0 unspecified atom stereocenters. The summed E-state index contributed by atoms with van der Waals surface area (Å²) < 4.78 is 18.0. The van der Waals surface area contributed by atoms with Crippen molar-refractivity contribution in [2.75, 3.05) is 6.61 Å². The average molecular weight is 321 g/mol. The Morgan fingerprint density at radius 3 is 2.96 bits per heavy atom. The van der Waals surface area contributed by atoms with Gasteiger partial charge >= 0.3 is 6.03 Å². The molecule has 2 aliphatic carbocycles. The molecular formula is C17H24FN3O2. The van der Waals surface area contributed by atoms with Gasteiger partial charge < -0.3 is 15.4 Å². The van der Waals surface area contributed by atoms with Crippen molar-refractivity contribution in [3.05, 3.63) is 23.9 Å². The van der Waals surface area contributed by atoms with Crippen LogP contribution in [-0.2, 0) is 6.54 Å². The fourth-order valence-corrected chi connectivity index (χ4v) is 3.43. The first-order valence-corrected chi connectivity index (χ1v) is 8.31. The maximum absolute atomic E-state index is 12.8. The van der Waals surface area contributed by atoms with Gasteiger partial charge in [0.15, 0.2) is 0 Å². The summed E-state index contributed by atoms with van der Waals surface area (Å²) in [6.45, 7) is 1.81. The Labute approximate surface area is 136 Å². The fourth-order valence-electron chi connectivity index (χ4n) is 3.43. The van der Waals surface area contributed by atoms with E-state index in [1.54, 1.807) is 18.3 Å². The molecule has 2 amide bonds. The van der Waals surface area contributed by atoms with Crippen molar-refractivity contribution >= 4 is 6.03 Å². The van der Waals surface area contributed by atoms with Crippen LogP contribution in [0.5, 0.6) is 5.88 Å². The van der Waals surface area contributed by atoms with Crippen molar-refractivity contribution in [3.63, 3.8) is 0 Å². The summed E-state index contributed by atoms with van der Waals surface area (Å²) in [5.74, 6) is 0.375. The van der Waals surface area contributed by atoms with E-state index in [0.717, 1.165) is 18.4 Å². The summed E-state index contributed by atoms with van der Waals surface area (Å²) in [5, 5.41) is 5.86. The van der Waals surface area contributed by atoms with E-state index in [1.165, 1.54) is 26.2 Å². The molecule has 2 aliphatic rings. The fraction of sp³-hybridized carbons (Fsp3) is 0.647. The molecule has 3 rings (SSSR count). The maximum atomic E-state index is 12.8. The quantitative estimate of drug-likeness (QED) is 0.847. The van der Waals surface area contributed by atoms with E-state index < -0.39 is 6.17 Å². The van der Waals surface area contributed by atoms with Crippen LogP contribution < -0.4 is 15.4 Å². The Hall–Kier alpha value is -1.85. The van der Waals surface area contributed by atoms with Crippen LogP contribution in [0.4, 0.5) is 9.18 Å². The number of hydrogen-bond donors (Lipinski definition) is 2. The third-order valence-corrected chi connectivity index (χ3v) is 4.82. The first-order valence-electron chi connectivity index (χ1n) is 8.31. The number of nitrogens with zero attached hydrogens (tertiary/aromatic N) is 1. The molecule has 23 heavy (non-hydrogen) atoms. The van der Waals surface area contributed by atoms with Gasteiger partial charge in [0.1, 0.15) is 12.8 Å². The molecule has 1 aromatic heterocycles. The van der Waals surface area contributed by atoms with Crippen molar-refractivity contribution in [3.8, 4) is 5.88 Å². The second-order valence-electron chi connectivity index (χ2n) is 6.88. The van der Waals surface area contributed by atoms with Gasteiger partial charge in [-0.2, -0.15) is 0 Å². The SMILES string of the molecule is C[C@H](F)COc1cc(CNC(=O)NC2CC3(CCC3)C2)ccn1. The first-order chi connectivity index (χ1) is 11.0. The predicted octanol–water partition coefficient (Wildman–Crippen LogP) is 2.95. The molecule has 0 radical (unpaired) electrons. The number of carbonyl (C=O) groups is 1. The van der Waals surface area contributed by atoms with Crippen molar-refractivity contribution < 1.29 is 13.9 Å². The highest BCUT2D eigenvalue weighted by molar-refractivity contribution is 5.74. The van der Waals surface area contributed by atoms with Gasteiger partial charge in [-0.25, -0.2) is 14.2 Å². The lowest BCUT2D eigenvalue weighted by molar-refractivity contribution is 0.00225. The minimum atomic E-state index is -1.04. The molecule has 126 valence electrons. The lowest BCUT2D eigenvalue weighted by atomic mass is 9.54. The van der Waals surface area contributed by atoms with E-state index in [-0.39, 0.29) is 12.6 Å². The molecule has 1 aromatic rings. The van der Waals surface area contributed by atoms with E-state index in [0.29, 0.717) is 23.9 Å². The highest BCUT2D eigenvalue weighted by Crippen LogP contribution is 2.55. The van der Waals surface area contributed by atoms with Crippen molar-refractivity contribution in [1.82, 2.24) is 15.6 Å². The summed E-state index contributed by atoms with van der Waals surface area (Å²) in [6.07, 6.45) is 6.79. The van der Waals surface area contributed by atoms with Crippen LogP contribution in [0.25, 0.3) is 0 Å². The molecule has 5 nitrogen and oxygen atoms in total. The van der Waals surface area contributed by atoms with Gasteiger partial charge in [-0.1, -0.05) is 6.42 Å². The van der Waals surface area contributed by atoms with E-state index in [2.05, 4.69) is 15.6 Å². The summed E-state index contributed by atoms with van der Waals surface area (Å²) in [6, 6.07) is 3.70. The van der Waals surface area contributed by atoms with Gasteiger partial charge in [0.25, 0.3) is 0 Å². The molecule has 2 saturated carbocycles. The maximum Gasteiger partial charge on any atom is 0.315 e. The highest BCUT2D eigenvalue weighted by atomic mass is 19.1. The number of amides is 2. The van der Waals surface area contributed by atoms with Crippen molar-refractivity contribution in [2.24, 2.45) is 5.41 Å². The van der Waals surface area contributed by atoms with E-state index in [1.807, 2.05) is 0 Å².